The zero-order valence-electron chi connectivity index (χ0n) is 18.7. The van der Waals surface area contributed by atoms with E-state index < -0.39 is 0 Å². The van der Waals surface area contributed by atoms with Gasteiger partial charge >= 0.3 is 0 Å². The number of pyridine rings is 1. The van der Waals surface area contributed by atoms with Gasteiger partial charge in [0.05, 0.1) is 11.3 Å². The maximum atomic E-state index is 13.7. The third-order valence-corrected chi connectivity index (χ3v) is 6.30. The molecular formula is C25H31N5O. The van der Waals surface area contributed by atoms with Gasteiger partial charge in [-0.3, -0.25) is 14.3 Å². The van der Waals surface area contributed by atoms with E-state index in [-0.39, 0.29) is 17.6 Å². The van der Waals surface area contributed by atoms with Gasteiger partial charge in [0.2, 0.25) is 5.95 Å². The molecule has 2 N–H and O–H groups in total. The lowest BCUT2D eigenvalue weighted by Gasteiger charge is -2.33. The molecule has 2 atom stereocenters. The quantitative estimate of drug-likeness (QED) is 0.684. The lowest BCUT2D eigenvalue weighted by molar-refractivity contribution is 0.409. The molecule has 6 heteroatoms. The van der Waals surface area contributed by atoms with Gasteiger partial charge in [0.1, 0.15) is 0 Å². The van der Waals surface area contributed by atoms with Crippen molar-refractivity contribution < 1.29 is 0 Å². The molecule has 162 valence electrons. The predicted molar refractivity (Wildman–Crippen MR) is 126 cm³/mol. The van der Waals surface area contributed by atoms with Gasteiger partial charge in [-0.15, -0.1) is 0 Å². The fourth-order valence-electron chi connectivity index (χ4n) is 4.51. The van der Waals surface area contributed by atoms with Crippen molar-refractivity contribution in [3.8, 4) is 22.4 Å². The van der Waals surface area contributed by atoms with E-state index in [0.717, 1.165) is 36.1 Å². The number of nitrogens with zero attached hydrogens (tertiary/aromatic N) is 4. The van der Waals surface area contributed by atoms with E-state index in [1.807, 2.05) is 50.4 Å². The molecule has 1 aliphatic heterocycles. The largest absolute Gasteiger partial charge is 0.338 e. The number of anilines is 1. The molecule has 1 aliphatic rings. The topological polar surface area (TPSA) is 77.0 Å². The molecule has 1 saturated heterocycles. The van der Waals surface area contributed by atoms with Crippen LogP contribution in [0.4, 0.5) is 5.95 Å². The molecule has 2 unspecified atom stereocenters. The van der Waals surface area contributed by atoms with Gasteiger partial charge in [0, 0.05) is 43.6 Å². The second-order valence-corrected chi connectivity index (χ2v) is 8.83. The Bertz CT molecular complexity index is 1120. The van der Waals surface area contributed by atoms with E-state index in [2.05, 4.69) is 23.7 Å². The second-order valence-electron chi connectivity index (χ2n) is 8.83. The molecule has 0 bridgehead atoms. The molecule has 0 amide bonds. The molecule has 31 heavy (non-hydrogen) atoms. The van der Waals surface area contributed by atoms with Crippen molar-refractivity contribution in [1.82, 2.24) is 14.5 Å². The van der Waals surface area contributed by atoms with Crippen LogP contribution in [0.15, 0.2) is 53.6 Å². The highest BCUT2D eigenvalue weighted by atomic mass is 16.1. The van der Waals surface area contributed by atoms with Crippen LogP contribution in [0.3, 0.4) is 0 Å². The molecule has 3 heterocycles. The molecule has 1 aromatic carbocycles. The monoisotopic (exact) mass is 417 g/mol. The summed E-state index contributed by atoms with van der Waals surface area (Å²) in [7, 11) is 1.82. The molecule has 3 aromatic rings. The summed E-state index contributed by atoms with van der Waals surface area (Å²) in [6.45, 7) is 7.18. The first-order chi connectivity index (χ1) is 14.9. The van der Waals surface area contributed by atoms with Gasteiger partial charge in [-0.1, -0.05) is 43.7 Å². The average Bonchev–Trinajstić information content (AvgIpc) is 3.25. The third kappa shape index (κ3) is 4.00. The van der Waals surface area contributed by atoms with E-state index in [9.17, 15) is 4.79 Å². The van der Waals surface area contributed by atoms with Crippen molar-refractivity contribution in [2.24, 2.45) is 18.7 Å². The maximum Gasteiger partial charge on any atom is 0.263 e. The number of hydrogen-bond acceptors (Lipinski definition) is 5. The Morgan fingerprint density at radius 2 is 1.87 bits per heavy atom. The molecular weight excluding hydrogens is 386 g/mol. The van der Waals surface area contributed by atoms with Gasteiger partial charge in [-0.2, -0.15) is 0 Å². The fourth-order valence-corrected chi connectivity index (χ4v) is 4.51. The fraction of sp³-hybridized carbons (Fsp3) is 0.400. The number of hydrogen-bond donors (Lipinski definition) is 1. The highest BCUT2D eigenvalue weighted by Crippen LogP contribution is 2.33. The Labute approximate surface area is 183 Å². The van der Waals surface area contributed by atoms with Crippen LogP contribution in [0.25, 0.3) is 22.4 Å². The summed E-state index contributed by atoms with van der Waals surface area (Å²) in [6.07, 6.45) is 5.54. The summed E-state index contributed by atoms with van der Waals surface area (Å²) in [6, 6.07) is 12.0. The van der Waals surface area contributed by atoms with Crippen molar-refractivity contribution in [3.05, 3.63) is 64.7 Å². The molecule has 6 nitrogen and oxygen atoms in total. The summed E-state index contributed by atoms with van der Waals surface area (Å²) < 4.78 is 1.69. The average molecular weight is 418 g/mol. The molecule has 2 aromatic heterocycles. The lowest BCUT2D eigenvalue weighted by Crippen LogP contribution is -2.48. The van der Waals surface area contributed by atoms with E-state index >= 15 is 0 Å². The van der Waals surface area contributed by atoms with Crippen molar-refractivity contribution >= 4 is 5.95 Å². The third-order valence-electron chi connectivity index (χ3n) is 6.30. The zero-order chi connectivity index (χ0) is 22.1. The Morgan fingerprint density at radius 1 is 1.13 bits per heavy atom. The highest BCUT2D eigenvalue weighted by Gasteiger charge is 2.34. The van der Waals surface area contributed by atoms with Crippen LogP contribution in [-0.4, -0.2) is 33.2 Å². The Kier molecular flexibility index (Phi) is 5.92. The predicted octanol–water partition coefficient (Wildman–Crippen LogP) is 3.77. The SMILES string of the molecule is Cc1cccc(-c2c(-c3ccncc3)nc(N3CCCC3C(N)C(C)C)n(C)c2=O)c1. The minimum absolute atomic E-state index is 0.0280. The van der Waals surface area contributed by atoms with Crippen LogP contribution in [0.1, 0.15) is 32.3 Å². The number of aryl methyl sites for hydroxylation is 1. The molecule has 0 radical (unpaired) electrons. The van der Waals surface area contributed by atoms with E-state index in [4.69, 9.17) is 10.7 Å². The van der Waals surface area contributed by atoms with Gasteiger partial charge in [0.25, 0.3) is 5.56 Å². The standard InChI is InChI=1S/C25H31N5O/c1-16(2)22(26)20-9-6-14-30(20)25-28-23(18-10-12-27-13-11-18)21(24(31)29(25)4)19-8-5-7-17(3)15-19/h5,7-8,10-13,15-16,20,22H,6,9,14,26H2,1-4H3. The summed E-state index contributed by atoms with van der Waals surface area (Å²) in [5, 5.41) is 0. The maximum absolute atomic E-state index is 13.7. The van der Waals surface area contributed by atoms with Gasteiger partial charge in [0.15, 0.2) is 0 Å². The van der Waals surface area contributed by atoms with Crippen molar-refractivity contribution in [1.29, 1.82) is 0 Å². The number of nitrogens with two attached hydrogens (primary N) is 1. The van der Waals surface area contributed by atoms with Crippen LogP contribution in [0.2, 0.25) is 0 Å². The van der Waals surface area contributed by atoms with Crippen molar-refractivity contribution in [2.45, 2.75) is 45.7 Å². The van der Waals surface area contributed by atoms with Gasteiger partial charge in [-0.25, -0.2) is 4.98 Å². The first kappa shape index (κ1) is 21.2. The first-order valence-electron chi connectivity index (χ1n) is 11.0. The van der Waals surface area contributed by atoms with Crippen molar-refractivity contribution in [2.75, 3.05) is 11.4 Å². The van der Waals surface area contributed by atoms with Gasteiger partial charge < -0.3 is 10.6 Å². The minimum atomic E-state index is -0.0498. The Hall–Kier alpha value is -2.99. The van der Waals surface area contributed by atoms with Crippen LogP contribution in [-0.2, 0) is 7.05 Å². The summed E-state index contributed by atoms with van der Waals surface area (Å²) in [4.78, 5) is 25.2. The van der Waals surface area contributed by atoms with Crippen LogP contribution >= 0.6 is 0 Å². The highest BCUT2D eigenvalue weighted by molar-refractivity contribution is 5.81. The molecule has 0 aliphatic carbocycles. The normalized spacial score (nSPS) is 17.4. The van der Waals surface area contributed by atoms with Crippen molar-refractivity contribution in [3.63, 3.8) is 0 Å². The Morgan fingerprint density at radius 3 is 2.55 bits per heavy atom. The molecule has 0 saturated carbocycles. The lowest BCUT2D eigenvalue weighted by atomic mass is 9.95. The number of aromatic nitrogens is 3. The smallest absolute Gasteiger partial charge is 0.263 e. The summed E-state index contributed by atoms with van der Waals surface area (Å²) >= 11 is 0. The molecule has 1 fully saturated rings. The summed E-state index contributed by atoms with van der Waals surface area (Å²) in [5.74, 6) is 1.04. The second kappa shape index (κ2) is 8.63. The summed E-state index contributed by atoms with van der Waals surface area (Å²) in [5.41, 5.74) is 10.7. The van der Waals surface area contributed by atoms with E-state index in [0.29, 0.717) is 23.1 Å². The van der Waals surface area contributed by atoms with Crippen LogP contribution in [0.5, 0.6) is 0 Å². The zero-order valence-corrected chi connectivity index (χ0v) is 18.7. The van der Waals surface area contributed by atoms with E-state index in [1.165, 1.54) is 0 Å². The van der Waals surface area contributed by atoms with Gasteiger partial charge in [-0.05, 0) is 43.4 Å². The minimum Gasteiger partial charge on any atom is -0.338 e. The van der Waals surface area contributed by atoms with E-state index in [1.54, 1.807) is 17.0 Å². The first-order valence-corrected chi connectivity index (χ1v) is 11.0. The number of benzene rings is 1. The molecule has 4 rings (SSSR count). The van der Waals surface area contributed by atoms with Crippen LogP contribution in [0, 0.1) is 12.8 Å². The molecule has 0 spiro atoms. The van der Waals surface area contributed by atoms with Crippen LogP contribution < -0.4 is 16.2 Å². The number of rotatable bonds is 5. The Balaban J connectivity index is 1.94.